The van der Waals surface area contributed by atoms with Crippen molar-refractivity contribution in [2.45, 2.75) is 0 Å². The van der Waals surface area contributed by atoms with E-state index in [1.807, 2.05) is 30.3 Å². The topological polar surface area (TPSA) is 74.6 Å². The monoisotopic (exact) mass is 266 g/mol. The molecule has 0 aromatic heterocycles. The second-order valence-corrected chi connectivity index (χ2v) is 4.48. The highest BCUT2D eigenvalue weighted by atomic mass is 16.4. The number of carboxylic acids is 1. The van der Waals surface area contributed by atoms with Crippen molar-refractivity contribution in [2.75, 3.05) is 0 Å². The summed E-state index contributed by atoms with van der Waals surface area (Å²) in [5.41, 5.74) is -0.161. The molecular weight excluding hydrogens is 256 g/mol. The molecule has 0 saturated carbocycles. The van der Waals surface area contributed by atoms with E-state index < -0.39 is 11.7 Å². The Morgan fingerprint density at radius 2 is 1.65 bits per heavy atom. The van der Waals surface area contributed by atoms with E-state index >= 15 is 0 Å². The number of aliphatic carboxylic acids is 1. The first kappa shape index (κ1) is 12.2. The molecule has 98 valence electrons. The van der Waals surface area contributed by atoms with E-state index in [-0.39, 0.29) is 5.43 Å². The lowest BCUT2D eigenvalue weighted by Gasteiger charge is -1.96. The number of aliphatic hydroxyl groups is 1. The molecule has 0 aliphatic rings. The largest absolute Gasteiger partial charge is 0.502 e. The maximum Gasteiger partial charge on any atom is 0.370 e. The molecule has 0 radical (unpaired) electrons. The molecule has 0 unspecified atom stereocenters. The lowest BCUT2D eigenvalue weighted by Crippen LogP contribution is -2.18. The van der Waals surface area contributed by atoms with Crippen molar-refractivity contribution in [2.24, 2.45) is 0 Å². The predicted molar refractivity (Wildman–Crippen MR) is 76.9 cm³/mol. The average molecular weight is 266 g/mol. The van der Waals surface area contributed by atoms with Crippen LogP contribution in [0.15, 0.2) is 53.0 Å². The first-order chi connectivity index (χ1) is 9.59. The summed E-state index contributed by atoms with van der Waals surface area (Å²) >= 11 is 0. The van der Waals surface area contributed by atoms with Gasteiger partial charge >= 0.3 is 5.97 Å². The van der Waals surface area contributed by atoms with Gasteiger partial charge in [-0.1, -0.05) is 36.4 Å². The zero-order valence-corrected chi connectivity index (χ0v) is 10.3. The van der Waals surface area contributed by atoms with Gasteiger partial charge in [0.25, 0.3) is 0 Å². The Kier molecular flexibility index (Phi) is 2.64. The van der Waals surface area contributed by atoms with Gasteiger partial charge in [-0.2, -0.15) is 0 Å². The van der Waals surface area contributed by atoms with Crippen LogP contribution in [0.4, 0.5) is 0 Å². The van der Waals surface area contributed by atoms with E-state index in [0.29, 0.717) is 10.6 Å². The number of allylic oxidation sites excluding steroid dienone is 1. The van der Waals surface area contributed by atoms with E-state index in [0.717, 1.165) is 22.2 Å². The van der Waals surface area contributed by atoms with Crippen molar-refractivity contribution in [3.05, 3.63) is 63.7 Å². The minimum Gasteiger partial charge on any atom is -0.502 e. The molecule has 0 aliphatic heterocycles. The minimum absolute atomic E-state index is 0.161. The molecule has 0 saturated heterocycles. The number of hydrogen-bond donors (Lipinski definition) is 2. The Hall–Kier alpha value is -2.88. The highest BCUT2D eigenvalue weighted by molar-refractivity contribution is 6.12. The minimum atomic E-state index is -1.43. The van der Waals surface area contributed by atoms with Crippen LogP contribution in [0.25, 0.3) is 27.6 Å². The standard InChI is InChI=1S/C16H10O4/c17-13(16(19)20)8-7-11-10-5-1-3-9-4-2-6-12(14(9)10)15(11)18/h1-8,17H,(H,19,20)/b11-7-,13-8-. The fourth-order valence-electron chi connectivity index (χ4n) is 2.42. The average Bonchev–Trinajstić information content (AvgIpc) is 2.72. The van der Waals surface area contributed by atoms with Gasteiger partial charge in [0.15, 0.2) is 5.43 Å². The van der Waals surface area contributed by atoms with Crippen LogP contribution in [0.3, 0.4) is 0 Å². The number of benzene rings is 2. The van der Waals surface area contributed by atoms with E-state index in [2.05, 4.69) is 0 Å². The summed E-state index contributed by atoms with van der Waals surface area (Å²) in [6.07, 6.45) is 2.38. The van der Waals surface area contributed by atoms with Gasteiger partial charge < -0.3 is 10.2 Å². The Balaban J connectivity index is 2.43. The number of hydrogen-bond acceptors (Lipinski definition) is 3. The van der Waals surface area contributed by atoms with Crippen molar-refractivity contribution < 1.29 is 15.0 Å². The first-order valence-electron chi connectivity index (χ1n) is 6.00. The van der Waals surface area contributed by atoms with Crippen LogP contribution >= 0.6 is 0 Å². The third-order valence-corrected chi connectivity index (χ3v) is 3.31. The molecule has 0 spiro atoms. The lowest BCUT2D eigenvalue weighted by molar-refractivity contribution is -0.135. The van der Waals surface area contributed by atoms with Gasteiger partial charge in [-0.05, 0) is 22.9 Å². The summed E-state index contributed by atoms with van der Waals surface area (Å²) in [7, 11) is 0. The van der Waals surface area contributed by atoms with Crippen molar-refractivity contribution in [3.8, 4) is 0 Å². The molecule has 4 nitrogen and oxygen atoms in total. The quantitative estimate of drug-likeness (QED) is 0.548. The van der Waals surface area contributed by atoms with Gasteiger partial charge in [0.2, 0.25) is 5.76 Å². The summed E-state index contributed by atoms with van der Waals surface area (Å²) in [6.45, 7) is 0. The number of carbonyl (C=O) groups is 1. The van der Waals surface area contributed by atoms with Gasteiger partial charge in [-0.25, -0.2) is 4.79 Å². The molecule has 0 atom stereocenters. The predicted octanol–water partition coefficient (Wildman–Crippen LogP) is 1.82. The second-order valence-electron chi connectivity index (χ2n) is 4.48. The van der Waals surface area contributed by atoms with E-state index in [1.54, 1.807) is 6.07 Å². The molecule has 2 N–H and O–H groups in total. The molecule has 0 fully saturated rings. The Morgan fingerprint density at radius 3 is 2.30 bits per heavy atom. The summed E-state index contributed by atoms with van der Waals surface area (Å²) in [4.78, 5) is 22.9. The van der Waals surface area contributed by atoms with Crippen LogP contribution in [0, 0.1) is 0 Å². The molecule has 0 heterocycles. The summed E-state index contributed by atoms with van der Waals surface area (Å²) in [6, 6.07) is 11.1. The van der Waals surface area contributed by atoms with Gasteiger partial charge in [0.1, 0.15) is 0 Å². The highest BCUT2D eigenvalue weighted by Gasteiger charge is 2.10. The van der Waals surface area contributed by atoms with Crippen LogP contribution in [0.1, 0.15) is 0 Å². The summed E-state index contributed by atoms with van der Waals surface area (Å²) in [5, 5.41) is 21.4. The van der Waals surface area contributed by atoms with E-state index in [4.69, 9.17) is 5.11 Å². The third-order valence-electron chi connectivity index (χ3n) is 3.31. The number of rotatable bonds is 2. The van der Waals surface area contributed by atoms with Crippen LogP contribution in [-0.4, -0.2) is 16.2 Å². The van der Waals surface area contributed by atoms with Crippen LogP contribution < -0.4 is 10.6 Å². The van der Waals surface area contributed by atoms with Crippen LogP contribution in [0.2, 0.25) is 0 Å². The molecule has 3 aromatic carbocycles. The zero-order valence-electron chi connectivity index (χ0n) is 10.3. The normalized spacial score (nSPS) is 13.4. The molecule has 3 aromatic rings. The lowest BCUT2D eigenvalue weighted by atomic mass is 10.1. The van der Waals surface area contributed by atoms with E-state index in [1.165, 1.54) is 6.08 Å². The molecule has 4 heteroatoms. The number of aliphatic hydroxyl groups excluding tert-OH is 1. The molecule has 20 heavy (non-hydrogen) atoms. The molecule has 0 amide bonds. The number of carboxylic acid groups (broad SMARTS) is 1. The molecular formula is C16H10O4. The Labute approximate surface area is 113 Å². The SMILES string of the molecule is O=C(O)/C(O)=C/C=c1\c(=O)c2cccc3cccc1c32. The third kappa shape index (κ3) is 1.70. The molecule has 0 aliphatic carbocycles. The fraction of sp³-hybridized carbons (Fsp3) is 0. The van der Waals surface area contributed by atoms with Crippen molar-refractivity contribution >= 4 is 33.6 Å². The smallest absolute Gasteiger partial charge is 0.370 e. The van der Waals surface area contributed by atoms with E-state index in [9.17, 15) is 14.7 Å². The zero-order chi connectivity index (χ0) is 14.3. The van der Waals surface area contributed by atoms with Gasteiger partial charge in [-0.15, -0.1) is 0 Å². The second kappa shape index (κ2) is 4.35. The summed E-state index contributed by atoms with van der Waals surface area (Å²) < 4.78 is 0. The van der Waals surface area contributed by atoms with Gasteiger partial charge in [0, 0.05) is 16.0 Å². The molecule has 0 bridgehead atoms. The van der Waals surface area contributed by atoms with Crippen LogP contribution in [-0.2, 0) is 4.79 Å². The van der Waals surface area contributed by atoms with Crippen molar-refractivity contribution in [1.29, 1.82) is 0 Å². The van der Waals surface area contributed by atoms with Gasteiger partial charge in [0.05, 0.1) is 0 Å². The fourth-order valence-corrected chi connectivity index (χ4v) is 2.42. The first-order valence-corrected chi connectivity index (χ1v) is 6.00. The van der Waals surface area contributed by atoms with Crippen molar-refractivity contribution in [1.82, 2.24) is 0 Å². The highest BCUT2D eigenvalue weighted by Crippen LogP contribution is 2.22. The Bertz CT molecular complexity index is 948. The molecule has 3 rings (SSSR count). The van der Waals surface area contributed by atoms with Crippen LogP contribution in [0.5, 0.6) is 0 Å². The Morgan fingerprint density at radius 1 is 1.00 bits per heavy atom. The maximum absolute atomic E-state index is 12.3. The van der Waals surface area contributed by atoms with Crippen molar-refractivity contribution in [3.63, 3.8) is 0 Å². The maximum atomic E-state index is 12.3. The van der Waals surface area contributed by atoms with Gasteiger partial charge in [-0.3, -0.25) is 4.79 Å². The summed E-state index contributed by atoms with van der Waals surface area (Å²) in [5.74, 6) is -2.23.